The summed E-state index contributed by atoms with van der Waals surface area (Å²) in [7, 11) is -3.09. The van der Waals surface area contributed by atoms with Crippen LogP contribution >= 0.6 is 11.3 Å². The van der Waals surface area contributed by atoms with Gasteiger partial charge < -0.3 is 14.9 Å². The fraction of sp³-hybridized carbons (Fsp3) is 0.600. The Morgan fingerprint density at radius 1 is 1.26 bits per heavy atom. The van der Waals surface area contributed by atoms with Crippen molar-refractivity contribution in [3.8, 4) is 0 Å². The van der Waals surface area contributed by atoms with Gasteiger partial charge in [0.25, 0.3) is 0 Å². The first-order valence-corrected chi connectivity index (χ1v) is 13.5. The predicted octanol–water partition coefficient (Wildman–Crippen LogP) is 2.72. The number of hydrogen-bond acceptors (Lipinski definition) is 8. The highest BCUT2D eigenvalue weighted by Crippen LogP contribution is 2.39. The van der Waals surface area contributed by atoms with Gasteiger partial charge in [0.1, 0.15) is 9.84 Å². The van der Waals surface area contributed by atoms with E-state index in [9.17, 15) is 26.4 Å². The van der Waals surface area contributed by atoms with Gasteiger partial charge in [-0.3, -0.25) is 4.79 Å². The summed E-state index contributed by atoms with van der Waals surface area (Å²) in [6.07, 6.45) is 2.02. The Morgan fingerprint density at radius 3 is 2.62 bits per heavy atom. The van der Waals surface area contributed by atoms with E-state index in [-0.39, 0.29) is 17.2 Å². The average Bonchev–Trinajstić information content (AvgIpc) is 3.25. The van der Waals surface area contributed by atoms with Crippen molar-refractivity contribution in [1.82, 2.24) is 14.9 Å². The largest absolute Gasteiger partial charge is 0.490 e. The molecule has 14 heteroatoms. The number of carboxylic acids is 1. The molecule has 9 nitrogen and oxygen atoms in total. The number of hydrogen-bond donors (Lipinski definition) is 1. The van der Waals surface area contributed by atoms with E-state index in [0.29, 0.717) is 13.0 Å². The van der Waals surface area contributed by atoms with Crippen LogP contribution in [0.15, 0.2) is 17.6 Å². The number of carboxylic acid groups (broad SMARTS) is 1. The molecule has 0 saturated carbocycles. The maximum atomic E-state index is 12.4. The Bertz CT molecular complexity index is 1150. The minimum atomic E-state index is -5.08. The summed E-state index contributed by atoms with van der Waals surface area (Å²) in [5.41, 5.74) is 0.748. The highest BCUT2D eigenvalue weighted by molar-refractivity contribution is 7.90. The molecule has 2 aliphatic rings. The third kappa shape index (κ3) is 6.34. The van der Waals surface area contributed by atoms with Crippen molar-refractivity contribution in [3.05, 3.63) is 17.6 Å². The molecule has 0 aliphatic carbocycles. The molecule has 34 heavy (non-hydrogen) atoms. The van der Waals surface area contributed by atoms with Crippen LogP contribution in [0.25, 0.3) is 10.2 Å². The van der Waals surface area contributed by atoms with Crippen LogP contribution in [-0.4, -0.2) is 83.6 Å². The van der Waals surface area contributed by atoms with Gasteiger partial charge in [0.15, 0.2) is 0 Å². The van der Waals surface area contributed by atoms with Crippen molar-refractivity contribution >= 4 is 49.2 Å². The van der Waals surface area contributed by atoms with Crippen molar-refractivity contribution in [1.29, 1.82) is 0 Å². The van der Waals surface area contributed by atoms with Gasteiger partial charge in [-0.15, -0.1) is 11.3 Å². The highest BCUT2D eigenvalue weighted by Gasteiger charge is 2.45. The van der Waals surface area contributed by atoms with Gasteiger partial charge in [0.2, 0.25) is 11.9 Å². The molecule has 2 aliphatic heterocycles. The molecular weight excluding hydrogens is 497 g/mol. The summed E-state index contributed by atoms with van der Waals surface area (Å²) in [5.74, 6) is -1.90. The lowest BCUT2D eigenvalue weighted by Crippen LogP contribution is -2.48. The van der Waals surface area contributed by atoms with Gasteiger partial charge in [-0.1, -0.05) is 0 Å². The summed E-state index contributed by atoms with van der Waals surface area (Å²) in [4.78, 5) is 34.6. The number of anilines is 1. The Labute approximate surface area is 198 Å². The molecule has 2 aromatic rings. The van der Waals surface area contributed by atoms with Gasteiger partial charge >= 0.3 is 12.1 Å². The number of alkyl halides is 3. The topological polar surface area (TPSA) is 121 Å². The number of carbonyl (C=O) groups is 2. The van der Waals surface area contributed by atoms with Crippen molar-refractivity contribution < 1.29 is 36.3 Å². The molecule has 1 unspecified atom stereocenters. The maximum absolute atomic E-state index is 12.4. The van der Waals surface area contributed by atoms with Crippen molar-refractivity contribution in [2.75, 3.05) is 36.5 Å². The predicted molar refractivity (Wildman–Crippen MR) is 121 cm³/mol. The van der Waals surface area contributed by atoms with Gasteiger partial charge in [-0.2, -0.15) is 13.2 Å². The number of amides is 1. The quantitative estimate of drug-likeness (QED) is 0.651. The zero-order valence-corrected chi connectivity index (χ0v) is 20.0. The van der Waals surface area contributed by atoms with E-state index in [0.717, 1.165) is 54.9 Å². The number of halogens is 3. The lowest BCUT2D eigenvalue weighted by molar-refractivity contribution is -0.192. The maximum Gasteiger partial charge on any atom is 0.490 e. The van der Waals surface area contributed by atoms with Crippen molar-refractivity contribution in [2.45, 2.75) is 43.8 Å². The molecule has 188 valence electrons. The first-order chi connectivity index (χ1) is 15.8. The molecule has 2 aromatic heterocycles. The normalized spacial score (nSPS) is 21.5. The standard InChI is InChI=1S/C18H24N4O3S2.C2HF3O2/c1-27(24,25)12-10-22-16(23)3-6-18(22)5-2-8-21(9-7-18)17-19-13-15-14(20-17)4-11-26-15;3-2(4,5)1(6)7/h4,11,13H,2-3,5-10,12H2,1H3;(H,6,7). The third-order valence-corrected chi connectivity index (χ3v) is 7.76. The van der Waals surface area contributed by atoms with E-state index >= 15 is 0 Å². The zero-order chi connectivity index (χ0) is 25.1. The molecule has 1 spiro atoms. The number of carbonyl (C=O) groups excluding carboxylic acids is 1. The van der Waals surface area contributed by atoms with Gasteiger partial charge in [-0.05, 0) is 37.1 Å². The summed E-state index contributed by atoms with van der Waals surface area (Å²) in [5, 5.41) is 9.14. The molecule has 4 heterocycles. The molecule has 0 radical (unpaired) electrons. The highest BCUT2D eigenvalue weighted by atomic mass is 32.2. The van der Waals surface area contributed by atoms with E-state index in [4.69, 9.17) is 9.90 Å². The van der Waals surface area contributed by atoms with Crippen LogP contribution in [0.2, 0.25) is 0 Å². The summed E-state index contributed by atoms with van der Waals surface area (Å²) >= 11 is 1.63. The summed E-state index contributed by atoms with van der Waals surface area (Å²) in [6, 6.07) is 2.01. The van der Waals surface area contributed by atoms with E-state index in [1.165, 1.54) is 6.26 Å². The van der Waals surface area contributed by atoms with Gasteiger partial charge in [-0.25, -0.2) is 23.2 Å². The van der Waals surface area contributed by atoms with Gasteiger partial charge in [0, 0.05) is 37.8 Å². The number of fused-ring (bicyclic) bond motifs is 1. The van der Waals surface area contributed by atoms with Crippen molar-refractivity contribution in [3.63, 3.8) is 0 Å². The fourth-order valence-corrected chi connectivity index (χ4v) is 5.51. The SMILES string of the molecule is CS(=O)(=O)CCN1C(=O)CCC12CCCN(c1ncc3sccc3n1)CC2.O=C(O)C(F)(F)F. The van der Waals surface area contributed by atoms with Crippen LogP contribution < -0.4 is 4.90 Å². The second-order valence-electron chi connectivity index (χ2n) is 8.38. The minimum Gasteiger partial charge on any atom is -0.475 e. The first kappa shape index (κ1) is 26.1. The zero-order valence-electron chi connectivity index (χ0n) is 18.4. The molecule has 1 atom stereocenters. The molecule has 0 aromatic carbocycles. The Hall–Kier alpha value is -2.48. The number of nitrogens with zero attached hydrogens (tertiary/aromatic N) is 4. The smallest absolute Gasteiger partial charge is 0.475 e. The Kier molecular flexibility index (Phi) is 7.70. The van der Waals surface area contributed by atoms with Crippen LogP contribution in [0.4, 0.5) is 19.1 Å². The molecule has 4 rings (SSSR count). The first-order valence-electron chi connectivity index (χ1n) is 10.5. The van der Waals surface area contributed by atoms with Crippen molar-refractivity contribution in [2.24, 2.45) is 0 Å². The molecule has 1 amide bonds. The summed E-state index contributed by atoms with van der Waals surface area (Å²) in [6.45, 7) is 1.93. The second-order valence-corrected chi connectivity index (χ2v) is 11.6. The fourth-order valence-electron chi connectivity index (χ4n) is 4.30. The molecule has 0 bridgehead atoms. The monoisotopic (exact) mass is 522 g/mol. The van der Waals surface area contributed by atoms with E-state index in [2.05, 4.69) is 14.9 Å². The van der Waals surface area contributed by atoms with E-state index in [1.807, 2.05) is 22.5 Å². The Balaban J connectivity index is 0.000000406. The molecule has 2 saturated heterocycles. The molecular formula is C20H25F3N4O5S2. The lowest BCUT2D eigenvalue weighted by Gasteiger charge is -2.38. The average molecular weight is 523 g/mol. The van der Waals surface area contributed by atoms with Crippen LogP contribution in [-0.2, 0) is 19.4 Å². The number of sulfone groups is 1. The molecule has 2 fully saturated rings. The lowest BCUT2D eigenvalue weighted by atomic mass is 9.88. The third-order valence-electron chi connectivity index (χ3n) is 6.00. The summed E-state index contributed by atoms with van der Waals surface area (Å²) < 4.78 is 56.0. The van der Waals surface area contributed by atoms with Crippen LogP contribution in [0.1, 0.15) is 32.1 Å². The number of thiophene rings is 1. The minimum absolute atomic E-state index is 0.0299. The van der Waals surface area contributed by atoms with E-state index < -0.39 is 22.0 Å². The number of aromatic nitrogens is 2. The second kappa shape index (κ2) is 10.0. The number of aliphatic carboxylic acids is 1. The van der Waals surface area contributed by atoms with E-state index in [1.54, 1.807) is 11.3 Å². The molecule has 1 N–H and O–H groups in total. The van der Waals surface area contributed by atoms with Crippen LogP contribution in [0.3, 0.4) is 0 Å². The Morgan fingerprint density at radius 2 is 1.97 bits per heavy atom. The van der Waals surface area contributed by atoms with Crippen LogP contribution in [0, 0.1) is 0 Å². The number of likely N-dealkylation sites (tertiary alicyclic amines) is 1. The van der Waals surface area contributed by atoms with Gasteiger partial charge in [0.05, 0.1) is 22.2 Å². The van der Waals surface area contributed by atoms with Crippen LogP contribution in [0.5, 0.6) is 0 Å². The number of rotatable bonds is 4.